The molecule has 0 aliphatic heterocycles. The summed E-state index contributed by atoms with van der Waals surface area (Å²) in [5.74, 6) is -0.276. The van der Waals surface area contributed by atoms with Crippen LogP contribution < -0.4 is 5.32 Å². The number of hydrogen-bond acceptors (Lipinski definition) is 3. The topological polar surface area (TPSA) is 38.3 Å². The second-order valence-electron chi connectivity index (χ2n) is 4.06. The van der Waals surface area contributed by atoms with Gasteiger partial charge in [0.1, 0.15) is 0 Å². The summed E-state index contributed by atoms with van der Waals surface area (Å²) >= 11 is 5.82. The minimum atomic E-state index is -0.293. The van der Waals surface area contributed by atoms with Crippen LogP contribution in [0.5, 0.6) is 0 Å². The van der Waals surface area contributed by atoms with Gasteiger partial charge >= 0.3 is 5.97 Å². The molecule has 0 radical (unpaired) electrons. The Kier molecular flexibility index (Phi) is 4.33. The quantitative estimate of drug-likeness (QED) is 0.823. The highest BCUT2D eigenvalue weighted by Gasteiger charge is 2.20. The molecule has 0 saturated carbocycles. The molecule has 0 aliphatic rings. The van der Waals surface area contributed by atoms with Gasteiger partial charge in [-0.3, -0.25) is 10.1 Å². The second-order valence-corrected chi connectivity index (χ2v) is 4.50. The highest BCUT2D eigenvalue weighted by molar-refractivity contribution is 6.30. The van der Waals surface area contributed by atoms with E-state index in [1.807, 2.05) is 38.1 Å². The lowest BCUT2D eigenvalue weighted by Gasteiger charge is -2.26. The number of carbonyl (C=O) groups excluding carboxylic acids is 1. The number of rotatable bonds is 4. The van der Waals surface area contributed by atoms with E-state index in [-0.39, 0.29) is 18.1 Å². The molecule has 1 N–H and O–H groups in total. The summed E-state index contributed by atoms with van der Waals surface area (Å²) < 4.78 is 4.58. The molecular weight excluding hydrogens is 226 g/mol. The maximum Gasteiger partial charge on any atom is 0.319 e. The number of nitrogens with one attached hydrogen (secondary N) is 1. The molecule has 0 unspecified atom stereocenters. The van der Waals surface area contributed by atoms with Gasteiger partial charge in [0.05, 0.1) is 13.7 Å². The van der Waals surface area contributed by atoms with Crippen LogP contribution in [-0.2, 0) is 15.1 Å². The fourth-order valence-corrected chi connectivity index (χ4v) is 1.46. The Balaban J connectivity index is 2.69. The maximum absolute atomic E-state index is 11.0. The molecule has 1 rings (SSSR count). The summed E-state index contributed by atoms with van der Waals surface area (Å²) in [7, 11) is 1.37. The fourth-order valence-electron chi connectivity index (χ4n) is 1.33. The van der Waals surface area contributed by atoms with Gasteiger partial charge in [0.25, 0.3) is 0 Å². The molecular formula is C12H16ClNO2. The SMILES string of the molecule is COC(=O)CNC(C)(C)c1ccc(Cl)cc1. The fraction of sp³-hybridized carbons (Fsp3) is 0.417. The third-order valence-corrected chi connectivity index (χ3v) is 2.72. The Labute approximate surface area is 101 Å². The van der Waals surface area contributed by atoms with Gasteiger partial charge in [-0.15, -0.1) is 0 Å². The minimum absolute atomic E-state index is 0.187. The van der Waals surface area contributed by atoms with Crippen molar-refractivity contribution in [2.45, 2.75) is 19.4 Å². The molecule has 0 amide bonds. The number of esters is 1. The standard InChI is InChI=1S/C12H16ClNO2/c1-12(2,14-8-11(15)16-3)9-4-6-10(13)7-5-9/h4-7,14H,8H2,1-3H3. The van der Waals surface area contributed by atoms with Crippen molar-refractivity contribution in [3.8, 4) is 0 Å². The maximum atomic E-state index is 11.0. The van der Waals surface area contributed by atoms with Crippen LogP contribution in [0.15, 0.2) is 24.3 Å². The van der Waals surface area contributed by atoms with Crippen LogP contribution in [0.1, 0.15) is 19.4 Å². The highest BCUT2D eigenvalue weighted by atomic mass is 35.5. The summed E-state index contributed by atoms with van der Waals surface area (Å²) in [6.07, 6.45) is 0. The lowest BCUT2D eigenvalue weighted by molar-refractivity contribution is -0.139. The summed E-state index contributed by atoms with van der Waals surface area (Å²) in [6.45, 7) is 4.19. The predicted molar refractivity (Wildman–Crippen MR) is 64.5 cm³/mol. The summed E-state index contributed by atoms with van der Waals surface area (Å²) in [5, 5.41) is 3.83. The Morgan fingerprint density at radius 1 is 1.38 bits per heavy atom. The Bertz CT molecular complexity index is 360. The van der Waals surface area contributed by atoms with Crippen molar-refractivity contribution in [3.63, 3.8) is 0 Å². The molecule has 0 aromatic heterocycles. The Hall–Kier alpha value is -1.06. The Morgan fingerprint density at radius 3 is 2.44 bits per heavy atom. The first-order valence-corrected chi connectivity index (χ1v) is 5.41. The largest absolute Gasteiger partial charge is 0.468 e. The number of halogens is 1. The van der Waals surface area contributed by atoms with Gasteiger partial charge in [0.2, 0.25) is 0 Å². The van der Waals surface area contributed by atoms with E-state index in [1.165, 1.54) is 7.11 Å². The van der Waals surface area contributed by atoms with Gasteiger partial charge in [0.15, 0.2) is 0 Å². The van der Waals surface area contributed by atoms with Crippen molar-refractivity contribution in [1.29, 1.82) is 0 Å². The first-order valence-electron chi connectivity index (χ1n) is 5.03. The van der Waals surface area contributed by atoms with E-state index < -0.39 is 0 Å². The van der Waals surface area contributed by atoms with Crippen molar-refractivity contribution >= 4 is 17.6 Å². The lowest BCUT2D eigenvalue weighted by Crippen LogP contribution is -2.40. The van der Waals surface area contributed by atoms with Crippen molar-refractivity contribution in [2.75, 3.05) is 13.7 Å². The van der Waals surface area contributed by atoms with Crippen LogP contribution >= 0.6 is 11.6 Å². The van der Waals surface area contributed by atoms with Gasteiger partial charge in [0, 0.05) is 10.6 Å². The molecule has 1 aromatic rings. The average molecular weight is 242 g/mol. The molecule has 16 heavy (non-hydrogen) atoms. The predicted octanol–water partition coefficient (Wildman–Crippen LogP) is 2.34. The molecule has 0 fully saturated rings. The molecule has 0 aliphatic carbocycles. The van der Waals surface area contributed by atoms with Crippen LogP contribution in [0.2, 0.25) is 5.02 Å². The van der Waals surface area contributed by atoms with Gasteiger partial charge in [-0.1, -0.05) is 23.7 Å². The number of hydrogen-bond donors (Lipinski definition) is 1. The van der Waals surface area contributed by atoms with E-state index >= 15 is 0 Å². The second kappa shape index (κ2) is 5.32. The molecule has 0 bridgehead atoms. The van der Waals surface area contributed by atoms with E-state index in [0.29, 0.717) is 5.02 Å². The van der Waals surface area contributed by atoms with Crippen LogP contribution in [-0.4, -0.2) is 19.6 Å². The number of carbonyl (C=O) groups is 1. The molecule has 1 aromatic carbocycles. The van der Waals surface area contributed by atoms with E-state index in [0.717, 1.165) is 5.56 Å². The summed E-state index contributed by atoms with van der Waals surface area (Å²) in [4.78, 5) is 11.0. The molecule has 0 atom stereocenters. The molecule has 0 heterocycles. The Morgan fingerprint density at radius 2 is 1.94 bits per heavy atom. The normalized spacial score (nSPS) is 11.2. The van der Waals surface area contributed by atoms with Gasteiger partial charge in [-0.05, 0) is 31.5 Å². The lowest BCUT2D eigenvalue weighted by atomic mass is 9.94. The van der Waals surface area contributed by atoms with Gasteiger partial charge in [-0.2, -0.15) is 0 Å². The first kappa shape index (κ1) is 13.0. The van der Waals surface area contributed by atoms with Crippen LogP contribution in [0.25, 0.3) is 0 Å². The van der Waals surface area contributed by atoms with Gasteiger partial charge in [-0.25, -0.2) is 0 Å². The zero-order valence-corrected chi connectivity index (χ0v) is 10.5. The molecule has 3 nitrogen and oxygen atoms in total. The molecule has 4 heteroatoms. The summed E-state index contributed by atoms with van der Waals surface area (Å²) in [6, 6.07) is 7.54. The van der Waals surface area contributed by atoms with E-state index in [1.54, 1.807) is 0 Å². The van der Waals surface area contributed by atoms with Crippen molar-refractivity contribution in [1.82, 2.24) is 5.32 Å². The number of benzene rings is 1. The van der Waals surface area contributed by atoms with Crippen LogP contribution in [0.4, 0.5) is 0 Å². The monoisotopic (exact) mass is 241 g/mol. The number of ether oxygens (including phenoxy) is 1. The zero-order valence-electron chi connectivity index (χ0n) is 9.71. The third kappa shape index (κ3) is 3.51. The highest BCUT2D eigenvalue weighted by Crippen LogP contribution is 2.21. The smallest absolute Gasteiger partial charge is 0.319 e. The van der Waals surface area contributed by atoms with Gasteiger partial charge < -0.3 is 4.74 Å². The molecule has 0 spiro atoms. The van der Waals surface area contributed by atoms with E-state index in [9.17, 15) is 4.79 Å². The number of methoxy groups -OCH3 is 1. The third-order valence-electron chi connectivity index (χ3n) is 2.47. The minimum Gasteiger partial charge on any atom is -0.468 e. The van der Waals surface area contributed by atoms with Crippen molar-refractivity contribution in [2.24, 2.45) is 0 Å². The summed E-state index contributed by atoms with van der Waals surface area (Å²) in [5.41, 5.74) is 0.777. The average Bonchev–Trinajstić information content (AvgIpc) is 2.26. The van der Waals surface area contributed by atoms with E-state index in [4.69, 9.17) is 11.6 Å². The first-order chi connectivity index (χ1) is 7.45. The van der Waals surface area contributed by atoms with Crippen molar-refractivity contribution in [3.05, 3.63) is 34.9 Å². The van der Waals surface area contributed by atoms with Crippen LogP contribution in [0, 0.1) is 0 Å². The van der Waals surface area contributed by atoms with E-state index in [2.05, 4.69) is 10.1 Å². The zero-order chi connectivity index (χ0) is 12.2. The molecule has 88 valence electrons. The molecule has 0 saturated heterocycles. The van der Waals surface area contributed by atoms with Crippen molar-refractivity contribution < 1.29 is 9.53 Å². The van der Waals surface area contributed by atoms with Crippen LogP contribution in [0.3, 0.4) is 0 Å².